The lowest BCUT2D eigenvalue weighted by atomic mass is 9.93. The van der Waals surface area contributed by atoms with E-state index in [2.05, 4.69) is 0 Å². The van der Waals surface area contributed by atoms with Crippen molar-refractivity contribution in [3.63, 3.8) is 0 Å². The van der Waals surface area contributed by atoms with Gasteiger partial charge in [-0.3, -0.25) is 0 Å². The minimum absolute atomic E-state index is 0.163. The number of hydrogen-bond donors (Lipinski definition) is 1. The van der Waals surface area contributed by atoms with Gasteiger partial charge in [0.25, 0.3) is 0 Å². The minimum Gasteiger partial charge on any atom is -0.447 e. The molecule has 1 amide bonds. The minimum atomic E-state index is -0.276. The molecule has 1 aliphatic heterocycles. The second-order valence-corrected chi connectivity index (χ2v) is 5.88. The highest BCUT2D eigenvalue weighted by Crippen LogP contribution is 2.25. The first kappa shape index (κ1) is 13.7. The first-order valence-corrected chi connectivity index (χ1v) is 7.40. The number of nitrogens with zero attached hydrogens (tertiary/aromatic N) is 1. The van der Waals surface area contributed by atoms with E-state index < -0.39 is 0 Å². The lowest BCUT2D eigenvalue weighted by Gasteiger charge is -2.30. The van der Waals surface area contributed by atoms with Crippen molar-refractivity contribution >= 4 is 6.09 Å². The van der Waals surface area contributed by atoms with Gasteiger partial charge in [0.15, 0.2) is 0 Å². The SMILES string of the molecule is NC1(COC(=O)N2CCCCC2)CCCCCC1. The molecule has 2 aliphatic rings. The summed E-state index contributed by atoms with van der Waals surface area (Å²) in [5.74, 6) is 0. The van der Waals surface area contributed by atoms with Crippen LogP contribution in [0.4, 0.5) is 4.79 Å². The lowest BCUT2D eigenvalue weighted by Crippen LogP contribution is -2.46. The van der Waals surface area contributed by atoms with Crippen molar-refractivity contribution < 1.29 is 9.53 Å². The van der Waals surface area contributed by atoms with Crippen molar-refractivity contribution in [2.24, 2.45) is 5.73 Å². The topological polar surface area (TPSA) is 55.6 Å². The molecule has 0 aromatic carbocycles. The van der Waals surface area contributed by atoms with Crippen LogP contribution in [0.5, 0.6) is 0 Å². The fourth-order valence-electron chi connectivity index (χ4n) is 2.95. The Morgan fingerprint density at radius 1 is 1.00 bits per heavy atom. The maximum atomic E-state index is 11.9. The molecule has 1 heterocycles. The van der Waals surface area contributed by atoms with Gasteiger partial charge >= 0.3 is 6.09 Å². The molecular weight excluding hydrogens is 228 g/mol. The van der Waals surface area contributed by atoms with Crippen LogP contribution in [0.1, 0.15) is 57.8 Å². The molecule has 0 unspecified atom stereocenters. The van der Waals surface area contributed by atoms with Crippen LogP contribution in [0.25, 0.3) is 0 Å². The van der Waals surface area contributed by atoms with Crippen molar-refractivity contribution in [2.45, 2.75) is 63.3 Å². The number of hydrogen-bond acceptors (Lipinski definition) is 3. The van der Waals surface area contributed by atoms with Gasteiger partial charge in [0.05, 0.1) is 5.54 Å². The van der Waals surface area contributed by atoms with Crippen LogP contribution in [0.3, 0.4) is 0 Å². The Labute approximate surface area is 110 Å². The normalized spacial score (nSPS) is 24.4. The van der Waals surface area contributed by atoms with E-state index in [4.69, 9.17) is 10.5 Å². The molecule has 0 aromatic heterocycles. The highest BCUT2D eigenvalue weighted by Gasteiger charge is 2.29. The highest BCUT2D eigenvalue weighted by atomic mass is 16.6. The number of nitrogens with two attached hydrogens (primary N) is 1. The van der Waals surface area contributed by atoms with E-state index in [1.54, 1.807) is 0 Å². The summed E-state index contributed by atoms with van der Waals surface area (Å²) >= 11 is 0. The predicted molar refractivity (Wildman–Crippen MR) is 71.4 cm³/mol. The van der Waals surface area contributed by atoms with Crippen LogP contribution in [-0.2, 0) is 4.74 Å². The van der Waals surface area contributed by atoms with Gasteiger partial charge in [0, 0.05) is 13.1 Å². The number of ether oxygens (including phenoxy) is 1. The third-order valence-corrected chi connectivity index (χ3v) is 4.20. The molecule has 0 spiro atoms. The summed E-state index contributed by atoms with van der Waals surface area (Å²) in [5.41, 5.74) is 6.07. The molecule has 0 aromatic rings. The molecule has 2 N–H and O–H groups in total. The fraction of sp³-hybridized carbons (Fsp3) is 0.929. The largest absolute Gasteiger partial charge is 0.447 e. The highest BCUT2D eigenvalue weighted by molar-refractivity contribution is 5.67. The van der Waals surface area contributed by atoms with E-state index in [0.717, 1.165) is 51.6 Å². The Morgan fingerprint density at radius 2 is 1.56 bits per heavy atom. The summed E-state index contributed by atoms with van der Waals surface area (Å²) in [7, 11) is 0. The van der Waals surface area contributed by atoms with Gasteiger partial charge in [-0.25, -0.2) is 4.79 Å². The van der Waals surface area contributed by atoms with Crippen LogP contribution in [-0.4, -0.2) is 36.2 Å². The number of amides is 1. The monoisotopic (exact) mass is 254 g/mol. The summed E-state index contributed by atoms with van der Waals surface area (Å²) < 4.78 is 5.44. The Morgan fingerprint density at radius 3 is 2.17 bits per heavy atom. The molecule has 4 heteroatoms. The molecule has 1 aliphatic carbocycles. The Hall–Kier alpha value is -0.770. The third kappa shape index (κ3) is 3.87. The van der Waals surface area contributed by atoms with Gasteiger partial charge in [-0.2, -0.15) is 0 Å². The smallest absolute Gasteiger partial charge is 0.409 e. The zero-order valence-electron chi connectivity index (χ0n) is 11.3. The van der Waals surface area contributed by atoms with E-state index in [1.807, 2.05) is 4.90 Å². The summed E-state index contributed by atoms with van der Waals surface area (Å²) in [6.07, 6.45) is 10.1. The van der Waals surface area contributed by atoms with Crippen LogP contribution >= 0.6 is 0 Å². The van der Waals surface area contributed by atoms with Crippen LogP contribution in [0.15, 0.2) is 0 Å². The fourth-order valence-corrected chi connectivity index (χ4v) is 2.95. The Kier molecular flexibility index (Phi) is 4.87. The predicted octanol–water partition coefficient (Wildman–Crippen LogP) is 2.66. The number of rotatable bonds is 2. The zero-order valence-corrected chi connectivity index (χ0v) is 11.3. The van der Waals surface area contributed by atoms with Gasteiger partial charge in [-0.15, -0.1) is 0 Å². The average Bonchev–Trinajstić information content (AvgIpc) is 2.62. The van der Waals surface area contributed by atoms with Crippen molar-refractivity contribution in [3.05, 3.63) is 0 Å². The molecule has 1 saturated carbocycles. The van der Waals surface area contributed by atoms with Gasteiger partial charge in [-0.05, 0) is 32.1 Å². The molecule has 4 nitrogen and oxygen atoms in total. The zero-order chi connectivity index (χ0) is 12.8. The summed E-state index contributed by atoms with van der Waals surface area (Å²) in [5, 5.41) is 0. The first-order valence-electron chi connectivity index (χ1n) is 7.40. The van der Waals surface area contributed by atoms with E-state index >= 15 is 0 Å². The second-order valence-electron chi connectivity index (χ2n) is 5.88. The Balaban J connectivity index is 1.76. The Bertz CT molecular complexity index is 267. The van der Waals surface area contributed by atoms with Crippen LogP contribution in [0.2, 0.25) is 0 Å². The van der Waals surface area contributed by atoms with Crippen molar-refractivity contribution in [1.82, 2.24) is 4.90 Å². The summed E-state index contributed by atoms with van der Waals surface area (Å²) in [6, 6.07) is 0. The van der Waals surface area contributed by atoms with Crippen molar-refractivity contribution in [3.8, 4) is 0 Å². The maximum absolute atomic E-state index is 11.9. The average molecular weight is 254 g/mol. The van der Waals surface area contributed by atoms with Crippen LogP contribution in [0, 0.1) is 0 Å². The van der Waals surface area contributed by atoms with Gasteiger partial charge in [0.2, 0.25) is 0 Å². The number of likely N-dealkylation sites (tertiary alicyclic amines) is 1. The van der Waals surface area contributed by atoms with E-state index in [0.29, 0.717) is 6.61 Å². The maximum Gasteiger partial charge on any atom is 0.409 e. The third-order valence-electron chi connectivity index (χ3n) is 4.20. The van der Waals surface area contributed by atoms with E-state index in [9.17, 15) is 4.79 Å². The van der Waals surface area contributed by atoms with Crippen molar-refractivity contribution in [1.29, 1.82) is 0 Å². The number of carbonyl (C=O) groups excluding carboxylic acids is 1. The van der Waals surface area contributed by atoms with Crippen molar-refractivity contribution in [2.75, 3.05) is 19.7 Å². The number of carbonyl (C=O) groups is 1. The summed E-state index contributed by atoms with van der Waals surface area (Å²) in [4.78, 5) is 13.7. The molecule has 0 bridgehead atoms. The first-order chi connectivity index (χ1) is 8.70. The van der Waals surface area contributed by atoms with Gasteiger partial charge in [-0.1, -0.05) is 25.7 Å². The molecule has 104 valence electrons. The second kappa shape index (κ2) is 6.41. The molecule has 18 heavy (non-hydrogen) atoms. The molecule has 0 atom stereocenters. The standard InChI is InChI=1S/C14H26N2O2/c15-14(8-4-1-2-5-9-14)12-18-13(17)16-10-6-3-7-11-16/h1-12,15H2. The molecular formula is C14H26N2O2. The molecule has 2 fully saturated rings. The van der Waals surface area contributed by atoms with E-state index in [1.165, 1.54) is 19.3 Å². The van der Waals surface area contributed by atoms with Crippen LogP contribution < -0.4 is 5.73 Å². The van der Waals surface area contributed by atoms with Gasteiger partial charge in [0.1, 0.15) is 6.61 Å². The lowest BCUT2D eigenvalue weighted by molar-refractivity contribution is 0.0709. The van der Waals surface area contributed by atoms with E-state index in [-0.39, 0.29) is 11.6 Å². The number of piperidine rings is 1. The molecule has 0 radical (unpaired) electrons. The van der Waals surface area contributed by atoms with Gasteiger partial charge < -0.3 is 15.4 Å². The summed E-state index contributed by atoms with van der Waals surface area (Å²) in [6.45, 7) is 2.08. The molecule has 1 saturated heterocycles. The molecule has 2 rings (SSSR count). The quantitative estimate of drug-likeness (QED) is 0.771.